The third-order valence-electron chi connectivity index (χ3n) is 5.44. The molecule has 1 amide bonds. The quantitative estimate of drug-likeness (QED) is 0.882. The van der Waals surface area contributed by atoms with E-state index in [4.69, 9.17) is 4.74 Å². The van der Waals surface area contributed by atoms with Crippen LogP contribution in [0.5, 0.6) is 5.75 Å². The standard InChI is InChI=1S/C19H22N4O4/c1-27-15-7-3-2-6-13(15)18(24)22-10-4-5-12(11-22)17-21-20-16-9-8-14(19(25)26)23(16)17/h2-3,6-7,12,14H,4-5,8-11H2,1H3,(H,25,26). The van der Waals surface area contributed by atoms with Crippen LogP contribution in [-0.2, 0) is 11.2 Å². The lowest BCUT2D eigenvalue weighted by Gasteiger charge is -2.33. The molecule has 0 bridgehead atoms. The van der Waals surface area contributed by atoms with E-state index in [-0.39, 0.29) is 11.8 Å². The van der Waals surface area contributed by atoms with Gasteiger partial charge in [-0.15, -0.1) is 10.2 Å². The molecule has 2 aromatic rings. The maximum atomic E-state index is 13.0. The summed E-state index contributed by atoms with van der Waals surface area (Å²) in [5.41, 5.74) is 0.538. The molecule has 1 fully saturated rings. The average molecular weight is 370 g/mol. The smallest absolute Gasteiger partial charge is 0.326 e. The van der Waals surface area contributed by atoms with E-state index < -0.39 is 12.0 Å². The number of aryl methyl sites for hydroxylation is 1. The van der Waals surface area contributed by atoms with Gasteiger partial charge in [0.05, 0.1) is 12.7 Å². The van der Waals surface area contributed by atoms with Gasteiger partial charge < -0.3 is 19.3 Å². The molecule has 0 saturated carbocycles. The Morgan fingerprint density at radius 1 is 1.22 bits per heavy atom. The number of hydrogen-bond acceptors (Lipinski definition) is 5. The Morgan fingerprint density at radius 2 is 2.04 bits per heavy atom. The van der Waals surface area contributed by atoms with Crippen molar-refractivity contribution in [3.8, 4) is 5.75 Å². The number of fused-ring (bicyclic) bond motifs is 1. The molecule has 142 valence electrons. The van der Waals surface area contributed by atoms with E-state index in [0.29, 0.717) is 43.1 Å². The van der Waals surface area contributed by atoms with Crippen LogP contribution >= 0.6 is 0 Å². The van der Waals surface area contributed by atoms with Crippen LogP contribution in [0.15, 0.2) is 24.3 Å². The molecule has 2 atom stereocenters. The first kappa shape index (κ1) is 17.5. The molecule has 4 rings (SSSR count). The highest BCUT2D eigenvalue weighted by Crippen LogP contribution is 2.34. The van der Waals surface area contributed by atoms with Gasteiger partial charge in [0.1, 0.15) is 23.4 Å². The number of aromatic nitrogens is 3. The number of ether oxygens (including phenoxy) is 1. The minimum atomic E-state index is -0.854. The van der Waals surface area contributed by atoms with Crippen molar-refractivity contribution in [2.75, 3.05) is 20.2 Å². The molecule has 8 nitrogen and oxygen atoms in total. The molecule has 0 radical (unpaired) electrons. The molecule has 1 aromatic heterocycles. The van der Waals surface area contributed by atoms with Crippen LogP contribution in [0.2, 0.25) is 0 Å². The number of hydrogen-bond donors (Lipinski definition) is 1. The fourth-order valence-electron chi connectivity index (χ4n) is 4.12. The molecule has 27 heavy (non-hydrogen) atoms. The summed E-state index contributed by atoms with van der Waals surface area (Å²) < 4.78 is 7.09. The van der Waals surface area contributed by atoms with Crippen molar-refractivity contribution in [2.24, 2.45) is 0 Å². The van der Waals surface area contributed by atoms with E-state index in [0.717, 1.165) is 18.7 Å². The molecule has 1 aromatic carbocycles. The summed E-state index contributed by atoms with van der Waals surface area (Å²) in [5, 5.41) is 18.0. The number of rotatable bonds is 4. The van der Waals surface area contributed by atoms with Crippen molar-refractivity contribution < 1.29 is 19.4 Å². The number of piperidine rings is 1. The largest absolute Gasteiger partial charge is 0.496 e. The number of likely N-dealkylation sites (tertiary alicyclic amines) is 1. The summed E-state index contributed by atoms with van der Waals surface area (Å²) >= 11 is 0. The second-order valence-corrected chi connectivity index (χ2v) is 7.03. The molecular weight excluding hydrogens is 348 g/mol. The maximum Gasteiger partial charge on any atom is 0.326 e. The van der Waals surface area contributed by atoms with Gasteiger partial charge in [-0.05, 0) is 31.4 Å². The van der Waals surface area contributed by atoms with Crippen LogP contribution in [0, 0.1) is 0 Å². The predicted octanol–water partition coefficient (Wildman–Crippen LogP) is 1.88. The van der Waals surface area contributed by atoms with Crippen LogP contribution in [0.3, 0.4) is 0 Å². The number of carbonyl (C=O) groups is 2. The monoisotopic (exact) mass is 370 g/mol. The van der Waals surface area contributed by atoms with Gasteiger partial charge in [-0.2, -0.15) is 0 Å². The lowest BCUT2D eigenvalue weighted by Crippen LogP contribution is -2.40. The Hall–Kier alpha value is -2.90. The van der Waals surface area contributed by atoms with E-state index in [1.54, 1.807) is 28.7 Å². The van der Waals surface area contributed by atoms with Crippen LogP contribution in [0.4, 0.5) is 0 Å². The summed E-state index contributed by atoms with van der Waals surface area (Å²) in [6.45, 7) is 1.16. The highest BCUT2D eigenvalue weighted by molar-refractivity contribution is 5.97. The van der Waals surface area contributed by atoms with Gasteiger partial charge in [0.25, 0.3) is 5.91 Å². The maximum absolute atomic E-state index is 13.0. The molecule has 2 aliphatic rings. The minimum absolute atomic E-state index is 0.0152. The fraction of sp³-hybridized carbons (Fsp3) is 0.474. The summed E-state index contributed by atoms with van der Waals surface area (Å²) in [7, 11) is 1.55. The zero-order valence-corrected chi connectivity index (χ0v) is 15.2. The number of aliphatic carboxylic acids is 1. The summed E-state index contributed by atoms with van der Waals surface area (Å²) in [6, 6.07) is 6.59. The van der Waals surface area contributed by atoms with Crippen molar-refractivity contribution in [1.82, 2.24) is 19.7 Å². The Bertz CT molecular complexity index is 878. The Kier molecular flexibility index (Phi) is 4.55. The summed E-state index contributed by atoms with van der Waals surface area (Å²) in [4.78, 5) is 26.4. The minimum Gasteiger partial charge on any atom is -0.496 e. The summed E-state index contributed by atoms with van der Waals surface area (Å²) in [6.07, 6.45) is 2.87. The Morgan fingerprint density at radius 3 is 2.81 bits per heavy atom. The molecule has 0 aliphatic carbocycles. The predicted molar refractivity (Wildman–Crippen MR) is 95.9 cm³/mol. The molecule has 3 heterocycles. The van der Waals surface area contributed by atoms with Gasteiger partial charge in [0.2, 0.25) is 0 Å². The van der Waals surface area contributed by atoms with Gasteiger partial charge in [0, 0.05) is 25.4 Å². The van der Waals surface area contributed by atoms with E-state index in [2.05, 4.69) is 10.2 Å². The lowest BCUT2D eigenvalue weighted by molar-refractivity contribution is -0.140. The molecule has 1 saturated heterocycles. The number of nitrogens with zero attached hydrogens (tertiary/aromatic N) is 4. The van der Waals surface area contributed by atoms with Crippen LogP contribution in [-0.4, -0.2) is 56.8 Å². The summed E-state index contributed by atoms with van der Waals surface area (Å²) in [5.74, 6) is 1.02. The van der Waals surface area contributed by atoms with E-state index in [1.807, 2.05) is 12.1 Å². The molecule has 2 aliphatic heterocycles. The van der Waals surface area contributed by atoms with Crippen molar-refractivity contribution in [1.29, 1.82) is 0 Å². The van der Waals surface area contributed by atoms with E-state index in [1.165, 1.54) is 0 Å². The lowest BCUT2D eigenvalue weighted by atomic mass is 9.96. The third-order valence-corrected chi connectivity index (χ3v) is 5.44. The Balaban J connectivity index is 1.58. The second kappa shape index (κ2) is 7.02. The first-order valence-electron chi connectivity index (χ1n) is 9.19. The second-order valence-electron chi connectivity index (χ2n) is 7.03. The third kappa shape index (κ3) is 3.05. The first-order valence-corrected chi connectivity index (χ1v) is 9.19. The highest BCUT2D eigenvalue weighted by Gasteiger charge is 2.36. The van der Waals surface area contributed by atoms with E-state index in [9.17, 15) is 14.7 Å². The topological polar surface area (TPSA) is 97.5 Å². The van der Waals surface area contributed by atoms with Crippen molar-refractivity contribution in [3.05, 3.63) is 41.5 Å². The zero-order valence-electron chi connectivity index (χ0n) is 15.2. The number of benzene rings is 1. The normalized spacial score (nSPS) is 21.7. The van der Waals surface area contributed by atoms with Gasteiger partial charge in [0.15, 0.2) is 0 Å². The molecular formula is C19H22N4O4. The fourth-order valence-corrected chi connectivity index (χ4v) is 4.12. The Labute approximate surface area is 156 Å². The molecule has 8 heteroatoms. The average Bonchev–Trinajstić information content (AvgIpc) is 3.29. The number of para-hydroxylation sites is 1. The molecule has 1 N–H and O–H groups in total. The van der Waals surface area contributed by atoms with E-state index >= 15 is 0 Å². The number of carboxylic acid groups (broad SMARTS) is 1. The number of amides is 1. The number of carboxylic acids is 1. The van der Waals surface area contributed by atoms with Crippen molar-refractivity contribution in [3.63, 3.8) is 0 Å². The van der Waals surface area contributed by atoms with Gasteiger partial charge in [-0.3, -0.25) is 4.79 Å². The highest BCUT2D eigenvalue weighted by atomic mass is 16.5. The van der Waals surface area contributed by atoms with Crippen molar-refractivity contribution >= 4 is 11.9 Å². The van der Waals surface area contributed by atoms with Gasteiger partial charge in [-0.25, -0.2) is 4.79 Å². The van der Waals surface area contributed by atoms with Crippen LogP contribution in [0.1, 0.15) is 53.2 Å². The SMILES string of the molecule is COc1ccccc1C(=O)N1CCCC(c2nnc3n2C(C(=O)O)CC3)C1. The van der Waals surface area contributed by atoms with Gasteiger partial charge in [-0.1, -0.05) is 12.1 Å². The first-order chi connectivity index (χ1) is 13.1. The number of methoxy groups -OCH3 is 1. The van der Waals surface area contributed by atoms with Crippen LogP contribution in [0.25, 0.3) is 0 Å². The zero-order chi connectivity index (χ0) is 19.0. The molecule has 2 unspecified atom stereocenters. The number of carbonyl (C=O) groups excluding carboxylic acids is 1. The van der Waals surface area contributed by atoms with Crippen LogP contribution < -0.4 is 4.74 Å². The molecule has 0 spiro atoms. The van der Waals surface area contributed by atoms with Gasteiger partial charge >= 0.3 is 5.97 Å². The van der Waals surface area contributed by atoms with Crippen molar-refractivity contribution in [2.45, 2.75) is 37.6 Å².